The molecule has 1 fully saturated rings. The number of nitrogens with two attached hydrogens (primary N) is 1. The quantitative estimate of drug-likeness (QED) is 0.888. The maximum absolute atomic E-state index is 13.4. The summed E-state index contributed by atoms with van der Waals surface area (Å²) in [7, 11) is 0. The van der Waals surface area contributed by atoms with Crippen LogP contribution in [-0.4, -0.2) is 22.9 Å². The maximum atomic E-state index is 13.4. The van der Waals surface area contributed by atoms with Crippen molar-refractivity contribution in [2.24, 2.45) is 5.92 Å². The number of hydrogen-bond donors (Lipinski definition) is 2. The van der Waals surface area contributed by atoms with Crippen LogP contribution in [0.1, 0.15) is 25.5 Å². The van der Waals surface area contributed by atoms with E-state index < -0.39 is 0 Å². The van der Waals surface area contributed by atoms with Crippen LogP contribution < -0.4 is 5.73 Å². The molecule has 3 N–H and O–H groups in total. The van der Waals surface area contributed by atoms with Crippen LogP contribution in [0.4, 0.5) is 10.2 Å². The second-order valence-corrected chi connectivity index (χ2v) is 5.59. The molecule has 1 aromatic carbocycles. The van der Waals surface area contributed by atoms with Crippen molar-refractivity contribution < 1.29 is 9.13 Å². The predicted molar refractivity (Wildman–Crippen MR) is 80.2 cm³/mol. The van der Waals surface area contributed by atoms with E-state index in [9.17, 15) is 4.39 Å². The molecule has 2 aromatic rings. The normalized spacial score (nSPS) is 21.2. The van der Waals surface area contributed by atoms with Crippen LogP contribution in [0.3, 0.4) is 0 Å². The topological polar surface area (TPSA) is 63.9 Å². The summed E-state index contributed by atoms with van der Waals surface area (Å²) in [6.07, 6.45) is 3.39. The molecule has 1 aliphatic carbocycles. The molecule has 0 spiro atoms. The minimum absolute atomic E-state index is 0.265. The molecule has 0 bridgehead atoms. The van der Waals surface area contributed by atoms with Crippen LogP contribution in [0.15, 0.2) is 24.3 Å². The van der Waals surface area contributed by atoms with Gasteiger partial charge in [0.1, 0.15) is 5.82 Å². The number of H-pyrrole nitrogens is 1. The fourth-order valence-electron chi connectivity index (χ4n) is 3.01. The van der Waals surface area contributed by atoms with Crippen LogP contribution in [0.2, 0.25) is 0 Å². The third kappa shape index (κ3) is 2.93. The Morgan fingerprint density at radius 1 is 1.43 bits per heavy atom. The summed E-state index contributed by atoms with van der Waals surface area (Å²) >= 11 is 0. The van der Waals surface area contributed by atoms with Gasteiger partial charge < -0.3 is 10.5 Å². The predicted octanol–water partition coefficient (Wildman–Crippen LogP) is 3.16. The van der Waals surface area contributed by atoms with Crippen molar-refractivity contribution in [3.05, 3.63) is 35.8 Å². The van der Waals surface area contributed by atoms with E-state index in [1.807, 2.05) is 13.0 Å². The Morgan fingerprint density at radius 2 is 2.24 bits per heavy atom. The molecule has 1 heterocycles. The lowest BCUT2D eigenvalue weighted by Gasteiger charge is -2.34. The number of rotatable bonds is 5. The van der Waals surface area contributed by atoms with Gasteiger partial charge in [-0.3, -0.25) is 5.10 Å². The van der Waals surface area contributed by atoms with Crippen molar-refractivity contribution in [1.29, 1.82) is 0 Å². The zero-order valence-electron chi connectivity index (χ0n) is 12.1. The Morgan fingerprint density at radius 3 is 2.95 bits per heavy atom. The van der Waals surface area contributed by atoms with Gasteiger partial charge in [-0.05, 0) is 49.8 Å². The second-order valence-electron chi connectivity index (χ2n) is 5.59. The Hall–Kier alpha value is -1.88. The van der Waals surface area contributed by atoms with Gasteiger partial charge in [0.05, 0.1) is 6.10 Å². The molecule has 3 rings (SSSR count). The highest BCUT2D eigenvalue weighted by molar-refractivity contribution is 5.76. The van der Waals surface area contributed by atoms with Gasteiger partial charge >= 0.3 is 0 Å². The molecular weight excluding hydrogens is 269 g/mol. The van der Waals surface area contributed by atoms with Gasteiger partial charge in [0.15, 0.2) is 5.82 Å². The summed E-state index contributed by atoms with van der Waals surface area (Å²) in [4.78, 5) is 0. The van der Waals surface area contributed by atoms with E-state index in [2.05, 4.69) is 10.2 Å². The van der Waals surface area contributed by atoms with Crippen LogP contribution in [0.25, 0.3) is 11.1 Å². The Kier molecular flexibility index (Phi) is 3.92. The number of nitrogens with one attached hydrogen (secondary N) is 1. The van der Waals surface area contributed by atoms with Crippen molar-refractivity contribution in [1.82, 2.24) is 10.2 Å². The zero-order valence-corrected chi connectivity index (χ0v) is 12.1. The van der Waals surface area contributed by atoms with Gasteiger partial charge in [-0.1, -0.05) is 12.1 Å². The number of aromatic nitrogens is 2. The van der Waals surface area contributed by atoms with Crippen LogP contribution in [-0.2, 0) is 11.2 Å². The van der Waals surface area contributed by atoms with Gasteiger partial charge in [0.25, 0.3) is 0 Å². The van der Waals surface area contributed by atoms with Crippen LogP contribution in [0, 0.1) is 11.7 Å². The second kappa shape index (κ2) is 5.85. The number of halogens is 1. The highest BCUT2D eigenvalue weighted by atomic mass is 19.1. The third-order valence-corrected chi connectivity index (χ3v) is 4.07. The lowest BCUT2D eigenvalue weighted by atomic mass is 9.78. The summed E-state index contributed by atoms with van der Waals surface area (Å²) < 4.78 is 19.0. The summed E-state index contributed by atoms with van der Waals surface area (Å²) in [5.41, 5.74) is 8.53. The summed E-state index contributed by atoms with van der Waals surface area (Å²) in [6.45, 7) is 2.79. The number of anilines is 1. The molecule has 21 heavy (non-hydrogen) atoms. The van der Waals surface area contributed by atoms with Crippen molar-refractivity contribution in [3.8, 4) is 11.1 Å². The lowest BCUT2D eigenvalue weighted by molar-refractivity contribution is -0.0242. The van der Waals surface area contributed by atoms with Gasteiger partial charge in [-0.2, -0.15) is 5.10 Å². The average molecular weight is 289 g/mol. The highest BCUT2D eigenvalue weighted by Crippen LogP contribution is 2.36. The first-order valence-electron chi connectivity index (χ1n) is 7.37. The minimum Gasteiger partial charge on any atom is -0.382 e. The standard InChI is InChI=1S/C16H20FN3O/c1-2-21-13-6-10(7-13)8-14-15(16(18)20-19-14)11-4-3-5-12(17)9-11/h3-5,9-10,13H,2,6-8H2,1H3,(H3,18,19,20). The molecule has 0 aliphatic heterocycles. The smallest absolute Gasteiger partial charge is 0.153 e. The SMILES string of the molecule is CCOC1CC(Cc2[nH]nc(N)c2-c2cccc(F)c2)C1. The summed E-state index contributed by atoms with van der Waals surface area (Å²) in [5.74, 6) is 0.740. The van der Waals surface area contributed by atoms with Crippen molar-refractivity contribution in [3.63, 3.8) is 0 Å². The van der Waals surface area contributed by atoms with Gasteiger partial charge in [0, 0.05) is 17.9 Å². The average Bonchev–Trinajstić information content (AvgIpc) is 2.77. The van der Waals surface area contributed by atoms with E-state index in [0.717, 1.165) is 42.7 Å². The molecule has 5 heteroatoms. The van der Waals surface area contributed by atoms with Crippen LogP contribution in [0.5, 0.6) is 0 Å². The zero-order chi connectivity index (χ0) is 14.8. The molecule has 1 saturated carbocycles. The Balaban J connectivity index is 1.76. The Bertz CT molecular complexity index is 620. The summed E-state index contributed by atoms with van der Waals surface area (Å²) in [6, 6.07) is 6.47. The van der Waals surface area contributed by atoms with Gasteiger partial charge in [-0.25, -0.2) is 4.39 Å². The molecule has 112 valence electrons. The molecular formula is C16H20FN3O. The van der Waals surface area contributed by atoms with Gasteiger partial charge in [0.2, 0.25) is 0 Å². The summed E-state index contributed by atoms with van der Waals surface area (Å²) in [5, 5.41) is 7.09. The number of nitrogens with zero attached hydrogens (tertiary/aromatic N) is 1. The molecule has 0 unspecified atom stereocenters. The largest absolute Gasteiger partial charge is 0.382 e. The van der Waals surface area contributed by atoms with E-state index in [1.165, 1.54) is 12.1 Å². The van der Waals surface area contributed by atoms with Crippen LogP contribution >= 0.6 is 0 Å². The third-order valence-electron chi connectivity index (χ3n) is 4.07. The first-order chi connectivity index (χ1) is 10.2. The van der Waals surface area contributed by atoms with Crippen molar-refractivity contribution in [2.45, 2.75) is 32.3 Å². The van der Waals surface area contributed by atoms with E-state index in [0.29, 0.717) is 17.8 Å². The molecule has 4 nitrogen and oxygen atoms in total. The lowest BCUT2D eigenvalue weighted by Crippen LogP contribution is -2.32. The van der Waals surface area contributed by atoms with Gasteiger partial charge in [-0.15, -0.1) is 0 Å². The highest BCUT2D eigenvalue weighted by Gasteiger charge is 2.31. The Labute approximate surface area is 123 Å². The molecule has 0 saturated heterocycles. The first-order valence-corrected chi connectivity index (χ1v) is 7.37. The van der Waals surface area contributed by atoms with E-state index >= 15 is 0 Å². The number of benzene rings is 1. The number of ether oxygens (including phenoxy) is 1. The monoisotopic (exact) mass is 289 g/mol. The minimum atomic E-state index is -0.265. The maximum Gasteiger partial charge on any atom is 0.153 e. The van der Waals surface area contributed by atoms with Crippen molar-refractivity contribution in [2.75, 3.05) is 12.3 Å². The molecule has 1 aliphatic rings. The van der Waals surface area contributed by atoms with E-state index in [-0.39, 0.29) is 5.82 Å². The number of hydrogen-bond acceptors (Lipinski definition) is 3. The molecule has 0 radical (unpaired) electrons. The van der Waals surface area contributed by atoms with E-state index in [1.54, 1.807) is 6.07 Å². The number of aromatic amines is 1. The fourth-order valence-corrected chi connectivity index (χ4v) is 3.01. The molecule has 0 atom stereocenters. The van der Waals surface area contributed by atoms with E-state index in [4.69, 9.17) is 10.5 Å². The first kappa shape index (κ1) is 14.1. The van der Waals surface area contributed by atoms with Crippen molar-refractivity contribution >= 4 is 5.82 Å². The molecule has 0 amide bonds. The number of nitrogen functional groups attached to an aromatic ring is 1. The fraction of sp³-hybridized carbons (Fsp3) is 0.438. The molecule has 1 aromatic heterocycles.